The summed E-state index contributed by atoms with van der Waals surface area (Å²) in [7, 11) is 2.95. The smallest absolute Gasteiger partial charge is 0.339 e. The summed E-state index contributed by atoms with van der Waals surface area (Å²) in [5.41, 5.74) is 1.75. The highest BCUT2D eigenvalue weighted by molar-refractivity contribution is 6.31. The van der Waals surface area contributed by atoms with E-state index in [1.165, 1.54) is 31.4 Å². The summed E-state index contributed by atoms with van der Waals surface area (Å²) in [6, 6.07) is 4.58. The van der Waals surface area contributed by atoms with E-state index in [9.17, 15) is 24.0 Å². The van der Waals surface area contributed by atoms with Crippen molar-refractivity contribution in [2.75, 3.05) is 27.8 Å². The van der Waals surface area contributed by atoms with Crippen LogP contribution in [0.4, 0.5) is 0 Å². The predicted octanol–water partition coefficient (Wildman–Crippen LogP) is 6.19. The molecule has 16 nitrogen and oxygen atoms in total. The van der Waals surface area contributed by atoms with Crippen LogP contribution in [0.3, 0.4) is 0 Å². The average molecular weight is 831 g/mol. The van der Waals surface area contributed by atoms with Crippen LogP contribution in [0.5, 0.6) is 11.5 Å². The number of Topliss-reactive ketones (excluding diaryl/α,β-unsaturated/α-hetero) is 1. The Morgan fingerprint density at radius 2 is 1.60 bits per heavy atom. The van der Waals surface area contributed by atoms with Gasteiger partial charge in [-0.2, -0.15) is 0 Å². The van der Waals surface area contributed by atoms with E-state index in [0.29, 0.717) is 46.4 Å². The lowest BCUT2D eigenvalue weighted by atomic mass is 9.82. The van der Waals surface area contributed by atoms with Gasteiger partial charge in [0.1, 0.15) is 36.3 Å². The first-order valence-corrected chi connectivity index (χ1v) is 19.5. The van der Waals surface area contributed by atoms with Gasteiger partial charge < -0.3 is 38.2 Å². The third-order valence-corrected chi connectivity index (χ3v) is 9.93. The van der Waals surface area contributed by atoms with E-state index in [2.05, 4.69) is 15.6 Å². The second-order valence-electron chi connectivity index (χ2n) is 16.9. The summed E-state index contributed by atoms with van der Waals surface area (Å²) < 4.78 is 39.9. The van der Waals surface area contributed by atoms with Gasteiger partial charge in [-0.15, -0.1) is 5.10 Å². The van der Waals surface area contributed by atoms with Crippen LogP contribution in [0, 0.1) is 19.3 Å². The number of aromatic nitrogens is 3. The van der Waals surface area contributed by atoms with E-state index in [1.54, 1.807) is 59.7 Å². The second-order valence-corrected chi connectivity index (χ2v) is 16.9. The summed E-state index contributed by atoms with van der Waals surface area (Å²) in [5.74, 6) is -1.32. The molecule has 322 valence electrons. The van der Waals surface area contributed by atoms with Crippen LogP contribution < -0.4 is 20.2 Å². The second kappa shape index (κ2) is 18.6. The number of carbonyl (C=O) groups excluding carboxylic acids is 4. The molecule has 0 spiro atoms. The Morgan fingerprint density at radius 3 is 2.23 bits per heavy atom. The molecule has 0 saturated heterocycles. The molecular weight excluding hydrogens is 776 g/mol. The number of hydrogen-bond acceptors (Lipinski definition) is 14. The number of amides is 1. The molecule has 5 rings (SSSR count). The first-order valence-electron chi connectivity index (χ1n) is 19.5. The number of rotatable bonds is 16. The van der Waals surface area contributed by atoms with Gasteiger partial charge in [0.05, 0.1) is 22.7 Å². The van der Waals surface area contributed by atoms with Gasteiger partial charge in [0.15, 0.2) is 30.9 Å². The summed E-state index contributed by atoms with van der Waals surface area (Å²) in [6.07, 6.45) is 3.56. The quantitative estimate of drug-likeness (QED) is 0.0991. The molecule has 2 heterocycles. The van der Waals surface area contributed by atoms with Crippen LogP contribution in [-0.4, -0.2) is 78.1 Å². The van der Waals surface area contributed by atoms with Gasteiger partial charge >= 0.3 is 11.9 Å². The fraction of sp³-hybridized carbons (Fsp3) is 0.477. The van der Waals surface area contributed by atoms with Gasteiger partial charge in [-0.25, -0.2) is 9.48 Å². The number of nitrogens with one attached hydrogen (secondary N) is 1. The number of benzene rings is 2. The third kappa shape index (κ3) is 10.6. The number of methoxy groups -OCH3 is 2. The van der Waals surface area contributed by atoms with E-state index >= 15 is 0 Å². The zero-order valence-corrected chi connectivity index (χ0v) is 36.2. The van der Waals surface area contributed by atoms with Gasteiger partial charge in [0.2, 0.25) is 11.3 Å². The first kappa shape index (κ1) is 45.2. The summed E-state index contributed by atoms with van der Waals surface area (Å²) in [4.78, 5) is 67.9. The molecule has 0 bridgehead atoms. The predicted molar refractivity (Wildman–Crippen MR) is 220 cm³/mol. The Hall–Kier alpha value is -5.87. The van der Waals surface area contributed by atoms with Gasteiger partial charge in [-0.1, -0.05) is 31.6 Å². The molecule has 1 aliphatic rings. The fourth-order valence-electron chi connectivity index (χ4n) is 6.88. The lowest BCUT2D eigenvalue weighted by molar-refractivity contribution is -0.155. The minimum Gasteiger partial charge on any atom is -0.464 e. The monoisotopic (exact) mass is 830 g/mol. The zero-order valence-electron chi connectivity index (χ0n) is 36.2. The molecule has 1 atom stereocenters. The van der Waals surface area contributed by atoms with Crippen molar-refractivity contribution in [1.82, 2.24) is 20.3 Å². The molecule has 60 heavy (non-hydrogen) atoms. The van der Waals surface area contributed by atoms with E-state index < -0.39 is 22.8 Å². The van der Waals surface area contributed by atoms with E-state index in [4.69, 9.17) is 32.8 Å². The molecule has 1 aliphatic carbocycles. The van der Waals surface area contributed by atoms with Gasteiger partial charge in [0.25, 0.3) is 0 Å². The summed E-state index contributed by atoms with van der Waals surface area (Å²) in [5, 5.41) is 11.1. The van der Waals surface area contributed by atoms with Crippen molar-refractivity contribution in [1.29, 1.82) is 0 Å². The Morgan fingerprint density at radius 1 is 0.933 bits per heavy atom. The number of hydrogen-bond donors (Lipinski definition) is 1. The lowest BCUT2D eigenvalue weighted by Gasteiger charge is -2.31. The van der Waals surface area contributed by atoms with Gasteiger partial charge in [-0.3, -0.25) is 19.2 Å². The Labute approximate surface area is 348 Å². The number of allylic oxidation sites excluding steroid dienone is 2. The van der Waals surface area contributed by atoms with Gasteiger partial charge in [0, 0.05) is 37.8 Å². The van der Waals surface area contributed by atoms with E-state index in [-0.39, 0.29) is 95.6 Å². The Bertz CT molecular complexity index is 2380. The maximum absolute atomic E-state index is 14.4. The molecule has 4 aromatic rings. The zero-order chi connectivity index (χ0) is 44.1. The van der Waals surface area contributed by atoms with Crippen molar-refractivity contribution in [2.24, 2.45) is 5.41 Å². The Kier molecular flexibility index (Phi) is 14.0. The molecule has 1 N–H and O–H groups in total. The van der Waals surface area contributed by atoms with E-state index in [0.717, 1.165) is 0 Å². The average Bonchev–Trinajstić information content (AvgIpc) is 3.61. The highest BCUT2D eigenvalue weighted by Gasteiger charge is 2.32. The minimum absolute atomic E-state index is 0.00761. The standard InChI is InChI=1S/C44H54N4O12/c1-24-15-33-39(41(52)30(21-56-33)37-25(2)14-27-16-31(58-22-54-10)32(59-23-55-11)17-29(27)40(37)51)38(26(24)3)42(53)57-20-28-18-48(47-46-28)19-35(49)45-34(43(4,5)6)12-13-36(50)60-44(7,8)9/h15-18,21,34H,12-14,19-20,22-23H2,1-11H3,(H,45,49)/t34-/m0/s1. The van der Waals surface area contributed by atoms with Gasteiger partial charge in [-0.05, 0) is 94.7 Å². The molecule has 0 unspecified atom stereocenters. The summed E-state index contributed by atoms with van der Waals surface area (Å²) >= 11 is 0. The molecule has 2 aromatic heterocycles. The van der Waals surface area contributed by atoms with Crippen molar-refractivity contribution >= 4 is 40.2 Å². The number of fused-ring (bicyclic) bond motifs is 2. The molecule has 0 saturated carbocycles. The molecule has 1 amide bonds. The molecule has 0 fully saturated rings. The molecular formula is C44H54N4O12. The van der Waals surface area contributed by atoms with Crippen molar-refractivity contribution < 1.29 is 52.0 Å². The highest BCUT2D eigenvalue weighted by Crippen LogP contribution is 2.39. The minimum atomic E-state index is -0.814. The van der Waals surface area contributed by atoms with Crippen LogP contribution in [0.25, 0.3) is 16.5 Å². The van der Waals surface area contributed by atoms with Crippen molar-refractivity contribution in [2.45, 2.75) is 106 Å². The Balaban J connectivity index is 1.35. The van der Waals surface area contributed by atoms with Crippen LogP contribution in [0.15, 0.2) is 45.4 Å². The van der Waals surface area contributed by atoms with Crippen LogP contribution >= 0.6 is 0 Å². The first-order chi connectivity index (χ1) is 28.2. The molecule has 2 aromatic carbocycles. The maximum atomic E-state index is 14.4. The number of ketones is 1. The number of nitrogens with zero attached hydrogens (tertiary/aromatic N) is 3. The van der Waals surface area contributed by atoms with Crippen LogP contribution in [0.1, 0.15) is 110 Å². The maximum Gasteiger partial charge on any atom is 0.339 e. The number of ether oxygens (including phenoxy) is 6. The van der Waals surface area contributed by atoms with Crippen molar-refractivity contribution in [3.63, 3.8) is 0 Å². The fourth-order valence-corrected chi connectivity index (χ4v) is 6.88. The largest absolute Gasteiger partial charge is 0.464 e. The summed E-state index contributed by atoms with van der Waals surface area (Å²) in [6.45, 7) is 15.9. The topological polar surface area (TPSA) is 197 Å². The molecule has 0 aliphatic heterocycles. The lowest BCUT2D eigenvalue weighted by Crippen LogP contribution is -2.45. The number of esters is 2. The normalized spacial score (nSPS) is 13.6. The number of aryl methyl sites for hydroxylation is 1. The van der Waals surface area contributed by atoms with Crippen LogP contribution in [0.2, 0.25) is 0 Å². The van der Waals surface area contributed by atoms with Crippen molar-refractivity contribution in [3.8, 4) is 11.5 Å². The SMILES string of the molecule is COCOc1cc2c(cc1OCOC)C(=O)C(c1coc3cc(C)c(C)c(C(=O)OCc4cn(CC(=O)N[C@@H](CCC(=O)OC(C)(C)C)C(C)(C)C)nn4)c3c1=O)=C(C)C2. The number of carbonyl (C=O) groups is 4. The molecule has 16 heteroatoms. The molecule has 0 radical (unpaired) electrons. The van der Waals surface area contributed by atoms with Crippen LogP contribution in [-0.2, 0) is 48.1 Å². The highest BCUT2D eigenvalue weighted by atomic mass is 16.7. The van der Waals surface area contributed by atoms with Crippen molar-refractivity contribution in [3.05, 3.63) is 85.5 Å². The van der Waals surface area contributed by atoms with E-state index in [1.807, 2.05) is 20.8 Å². The third-order valence-electron chi connectivity index (χ3n) is 9.93.